The molecule has 3 rings (SSSR count). The zero-order valence-corrected chi connectivity index (χ0v) is 12.9. The number of halogens is 2. The number of hydrazine groups is 1. The third-order valence-corrected chi connectivity index (χ3v) is 3.81. The third-order valence-electron chi connectivity index (χ3n) is 3.23. The molecule has 1 heterocycles. The standard InChI is InChI=1S/C16H12Cl2N4/c17-11-7-5-10(6-8-11)13-9-15(20-19)21-22-16(13)12-3-1-2-4-14(12)18/h1-9H,19H2,(H,20,21). The van der Waals surface area contributed by atoms with E-state index in [1.165, 1.54) is 0 Å². The molecule has 1 aromatic heterocycles. The zero-order chi connectivity index (χ0) is 15.5. The molecule has 0 aliphatic carbocycles. The first-order valence-electron chi connectivity index (χ1n) is 6.54. The SMILES string of the molecule is NNc1cc(-c2ccc(Cl)cc2)c(-c2ccccc2Cl)nn1. The summed E-state index contributed by atoms with van der Waals surface area (Å²) in [6.45, 7) is 0. The fraction of sp³-hybridized carbons (Fsp3) is 0. The summed E-state index contributed by atoms with van der Waals surface area (Å²) in [5.74, 6) is 5.91. The lowest BCUT2D eigenvalue weighted by Gasteiger charge is -2.11. The second kappa shape index (κ2) is 6.32. The Morgan fingerprint density at radius 3 is 2.27 bits per heavy atom. The molecule has 3 N–H and O–H groups in total. The lowest BCUT2D eigenvalue weighted by molar-refractivity contribution is 1.03. The van der Waals surface area contributed by atoms with Crippen molar-refractivity contribution in [1.82, 2.24) is 10.2 Å². The molecular weight excluding hydrogens is 319 g/mol. The fourth-order valence-corrected chi connectivity index (χ4v) is 2.52. The minimum atomic E-state index is 0.473. The van der Waals surface area contributed by atoms with Gasteiger partial charge in [-0.2, -0.15) is 0 Å². The van der Waals surface area contributed by atoms with Crippen molar-refractivity contribution < 1.29 is 0 Å². The number of aromatic nitrogens is 2. The quantitative estimate of drug-likeness (QED) is 0.551. The van der Waals surface area contributed by atoms with Gasteiger partial charge in [-0.3, -0.25) is 0 Å². The molecule has 0 atom stereocenters. The van der Waals surface area contributed by atoms with Crippen LogP contribution in [-0.4, -0.2) is 10.2 Å². The van der Waals surface area contributed by atoms with Crippen molar-refractivity contribution in [2.75, 3.05) is 5.43 Å². The molecule has 0 saturated carbocycles. The van der Waals surface area contributed by atoms with E-state index in [0.717, 1.165) is 16.7 Å². The van der Waals surface area contributed by atoms with Crippen molar-refractivity contribution in [3.63, 3.8) is 0 Å². The molecule has 6 heteroatoms. The number of benzene rings is 2. The van der Waals surface area contributed by atoms with Crippen LogP contribution in [-0.2, 0) is 0 Å². The molecule has 0 aliphatic rings. The van der Waals surface area contributed by atoms with E-state index in [4.69, 9.17) is 29.0 Å². The van der Waals surface area contributed by atoms with Crippen LogP contribution in [0.5, 0.6) is 0 Å². The minimum absolute atomic E-state index is 0.473. The average Bonchev–Trinajstić information content (AvgIpc) is 2.56. The van der Waals surface area contributed by atoms with E-state index in [1.807, 2.05) is 54.6 Å². The van der Waals surface area contributed by atoms with Crippen molar-refractivity contribution in [1.29, 1.82) is 0 Å². The molecule has 22 heavy (non-hydrogen) atoms. The van der Waals surface area contributed by atoms with Gasteiger partial charge in [0.1, 0.15) is 5.69 Å². The van der Waals surface area contributed by atoms with Crippen LogP contribution in [0.1, 0.15) is 0 Å². The van der Waals surface area contributed by atoms with Crippen LogP contribution in [0.25, 0.3) is 22.4 Å². The van der Waals surface area contributed by atoms with Crippen molar-refractivity contribution >= 4 is 29.0 Å². The van der Waals surface area contributed by atoms with Gasteiger partial charge >= 0.3 is 0 Å². The lowest BCUT2D eigenvalue weighted by atomic mass is 10.00. The molecule has 2 aromatic carbocycles. The van der Waals surface area contributed by atoms with E-state index in [1.54, 1.807) is 0 Å². The fourth-order valence-electron chi connectivity index (χ4n) is 2.16. The molecule has 4 nitrogen and oxygen atoms in total. The first kappa shape index (κ1) is 14.8. The molecular formula is C16H12Cl2N4. The number of rotatable bonds is 3. The van der Waals surface area contributed by atoms with Gasteiger partial charge in [0.25, 0.3) is 0 Å². The number of nitrogens with one attached hydrogen (secondary N) is 1. The number of anilines is 1. The number of hydrogen-bond acceptors (Lipinski definition) is 4. The van der Waals surface area contributed by atoms with Crippen LogP contribution >= 0.6 is 23.2 Å². The summed E-state index contributed by atoms with van der Waals surface area (Å²) in [4.78, 5) is 0. The largest absolute Gasteiger partial charge is 0.307 e. The summed E-state index contributed by atoms with van der Waals surface area (Å²) >= 11 is 12.2. The van der Waals surface area contributed by atoms with Gasteiger partial charge in [-0.25, -0.2) is 5.84 Å². The highest BCUT2D eigenvalue weighted by atomic mass is 35.5. The topological polar surface area (TPSA) is 63.8 Å². The second-order valence-corrected chi connectivity index (χ2v) is 5.47. The highest BCUT2D eigenvalue weighted by molar-refractivity contribution is 6.33. The molecule has 0 unspecified atom stereocenters. The number of hydrogen-bond donors (Lipinski definition) is 2. The maximum absolute atomic E-state index is 6.29. The normalized spacial score (nSPS) is 10.5. The monoisotopic (exact) mass is 330 g/mol. The zero-order valence-electron chi connectivity index (χ0n) is 11.4. The van der Waals surface area contributed by atoms with Gasteiger partial charge in [-0.15, -0.1) is 10.2 Å². The van der Waals surface area contributed by atoms with Crippen molar-refractivity contribution in [3.05, 3.63) is 64.6 Å². The molecule has 0 spiro atoms. The maximum Gasteiger partial charge on any atom is 0.163 e. The van der Waals surface area contributed by atoms with Crippen molar-refractivity contribution in [3.8, 4) is 22.4 Å². The predicted octanol–water partition coefficient (Wildman–Crippen LogP) is 4.40. The van der Waals surface area contributed by atoms with Crippen LogP contribution in [0.3, 0.4) is 0 Å². The summed E-state index contributed by atoms with van der Waals surface area (Å²) < 4.78 is 0. The molecule has 0 saturated heterocycles. The van der Waals surface area contributed by atoms with Crippen LogP contribution < -0.4 is 11.3 Å². The molecule has 0 fully saturated rings. The lowest BCUT2D eigenvalue weighted by Crippen LogP contribution is -2.10. The number of nitrogens with zero attached hydrogens (tertiary/aromatic N) is 2. The first-order valence-corrected chi connectivity index (χ1v) is 7.30. The molecule has 110 valence electrons. The van der Waals surface area contributed by atoms with Gasteiger partial charge in [-0.1, -0.05) is 53.5 Å². The van der Waals surface area contributed by atoms with Gasteiger partial charge in [0.2, 0.25) is 0 Å². The first-order chi connectivity index (χ1) is 10.7. The van der Waals surface area contributed by atoms with E-state index < -0.39 is 0 Å². The maximum atomic E-state index is 6.29. The average molecular weight is 331 g/mol. The third kappa shape index (κ3) is 2.90. The highest BCUT2D eigenvalue weighted by Gasteiger charge is 2.13. The van der Waals surface area contributed by atoms with E-state index in [-0.39, 0.29) is 0 Å². The molecule has 0 radical (unpaired) electrons. The van der Waals surface area contributed by atoms with Crippen molar-refractivity contribution in [2.24, 2.45) is 5.84 Å². The molecule has 0 aliphatic heterocycles. The second-order valence-electron chi connectivity index (χ2n) is 4.62. The van der Waals surface area contributed by atoms with Gasteiger partial charge in [0, 0.05) is 16.1 Å². The van der Waals surface area contributed by atoms with E-state index >= 15 is 0 Å². The predicted molar refractivity (Wildman–Crippen MR) is 90.7 cm³/mol. The molecule has 0 amide bonds. The molecule has 3 aromatic rings. The van der Waals surface area contributed by atoms with Crippen LogP contribution in [0.2, 0.25) is 10.0 Å². The van der Waals surface area contributed by atoms with E-state index in [9.17, 15) is 0 Å². The van der Waals surface area contributed by atoms with Crippen LogP contribution in [0.15, 0.2) is 54.6 Å². The van der Waals surface area contributed by atoms with Gasteiger partial charge < -0.3 is 5.43 Å². The summed E-state index contributed by atoms with van der Waals surface area (Å²) in [7, 11) is 0. The number of nitrogen functional groups attached to an aromatic ring is 1. The summed E-state index contributed by atoms with van der Waals surface area (Å²) in [6, 6.07) is 16.8. The van der Waals surface area contributed by atoms with Crippen molar-refractivity contribution in [2.45, 2.75) is 0 Å². The summed E-state index contributed by atoms with van der Waals surface area (Å²) in [6.07, 6.45) is 0. The van der Waals surface area contributed by atoms with Crippen LogP contribution in [0.4, 0.5) is 5.82 Å². The van der Waals surface area contributed by atoms with Gasteiger partial charge in [0.05, 0.1) is 5.02 Å². The number of nitrogens with two attached hydrogens (primary N) is 1. The Balaban J connectivity index is 2.22. The Labute approximate surface area is 137 Å². The van der Waals surface area contributed by atoms with Gasteiger partial charge in [0.15, 0.2) is 5.82 Å². The Morgan fingerprint density at radius 1 is 0.864 bits per heavy atom. The van der Waals surface area contributed by atoms with E-state index in [0.29, 0.717) is 21.6 Å². The highest BCUT2D eigenvalue weighted by Crippen LogP contribution is 2.35. The van der Waals surface area contributed by atoms with Crippen LogP contribution in [0, 0.1) is 0 Å². The summed E-state index contributed by atoms with van der Waals surface area (Å²) in [5.41, 5.74) is 5.82. The smallest absolute Gasteiger partial charge is 0.163 e. The Morgan fingerprint density at radius 2 is 1.59 bits per heavy atom. The Bertz CT molecular complexity index is 803. The van der Waals surface area contributed by atoms with Gasteiger partial charge in [-0.05, 0) is 29.8 Å². The molecule has 0 bridgehead atoms. The minimum Gasteiger partial charge on any atom is -0.307 e. The van der Waals surface area contributed by atoms with E-state index in [2.05, 4.69) is 15.6 Å². The Hall–Kier alpha value is -2.14. The Kier molecular flexibility index (Phi) is 4.24. The summed E-state index contributed by atoms with van der Waals surface area (Å²) in [5, 5.41) is 9.60.